The molecule has 0 aliphatic heterocycles. The van der Waals surface area contributed by atoms with Gasteiger partial charge in [0.15, 0.2) is 0 Å². The summed E-state index contributed by atoms with van der Waals surface area (Å²) in [7, 11) is 0. The van der Waals surface area contributed by atoms with Crippen molar-refractivity contribution < 1.29 is 18.5 Å². The number of rotatable bonds is 6. The zero-order valence-electron chi connectivity index (χ0n) is 14.9. The number of anilines is 3. The van der Waals surface area contributed by atoms with Crippen LogP contribution in [0.4, 0.5) is 31.8 Å². The average Bonchev–Trinajstić information content (AvgIpc) is 2.68. The van der Waals surface area contributed by atoms with Crippen LogP contribution < -0.4 is 16.2 Å². The fraction of sp³-hybridized carbons (Fsp3) is 0.0556. The molecule has 148 valence electrons. The summed E-state index contributed by atoms with van der Waals surface area (Å²) < 4.78 is 26.9. The number of benzene rings is 2. The van der Waals surface area contributed by atoms with Crippen molar-refractivity contribution in [1.82, 2.24) is 15.4 Å². The molecule has 0 saturated carbocycles. The van der Waals surface area contributed by atoms with Crippen molar-refractivity contribution in [2.24, 2.45) is 0 Å². The number of halogens is 2. The molecule has 3 rings (SSSR count). The third kappa shape index (κ3) is 4.40. The lowest BCUT2D eigenvalue weighted by atomic mass is 10.1. The summed E-state index contributed by atoms with van der Waals surface area (Å²) in [5.74, 6) is -2.96. The van der Waals surface area contributed by atoms with Gasteiger partial charge in [-0.15, -0.1) is 0 Å². The zero-order chi connectivity index (χ0) is 21.0. The number of hydrazine groups is 1. The van der Waals surface area contributed by atoms with Crippen LogP contribution in [0.25, 0.3) is 0 Å². The Morgan fingerprint density at radius 2 is 1.83 bits per heavy atom. The fourth-order valence-corrected chi connectivity index (χ4v) is 2.46. The van der Waals surface area contributed by atoms with Gasteiger partial charge in [0, 0.05) is 11.6 Å². The molecule has 11 heteroatoms. The van der Waals surface area contributed by atoms with Crippen molar-refractivity contribution in [2.45, 2.75) is 6.92 Å². The van der Waals surface area contributed by atoms with Gasteiger partial charge in [-0.2, -0.15) is 0 Å². The lowest BCUT2D eigenvalue weighted by Gasteiger charge is -2.12. The maximum Gasteiger partial charge on any atom is 0.355 e. The van der Waals surface area contributed by atoms with Crippen LogP contribution in [-0.2, 0) is 0 Å². The minimum absolute atomic E-state index is 0.219. The molecule has 1 heterocycles. The number of aromatic nitrogens is 2. The number of amides is 1. The molecule has 3 aromatic rings. The topological polar surface area (TPSA) is 122 Å². The van der Waals surface area contributed by atoms with Gasteiger partial charge in [-0.05, 0) is 30.7 Å². The molecule has 0 fully saturated rings. The highest BCUT2D eigenvalue weighted by Gasteiger charge is 2.24. The van der Waals surface area contributed by atoms with Crippen molar-refractivity contribution >= 4 is 28.9 Å². The molecule has 0 radical (unpaired) electrons. The van der Waals surface area contributed by atoms with Crippen LogP contribution in [0.5, 0.6) is 0 Å². The van der Waals surface area contributed by atoms with Gasteiger partial charge in [-0.25, -0.2) is 18.7 Å². The summed E-state index contributed by atoms with van der Waals surface area (Å²) in [4.78, 5) is 30.5. The summed E-state index contributed by atoms with van der Waals surface area (Å²) in [6.07, 6.45) is 0.985. The Balaban J connectivity index is 1.86. The minimum atomic E-state index is -0.958. The number of hydrogen-bond donors (Lipinski definition) is 3. The van der Waals surface area contributed by atoms with Crippen molar-refractivity contribution in [3.8, 4) is 0 Å². The number of carbonyl (C=O) groups is 1. The summed E-state index contributed by atoms with van der Waals surface area (Å²) in [5.41, 5.74) is 4.92. The second kappa shape index (κ2) is 8.25. The Morgan fingerprint density at radius 1 is 1.10 bits per heavy atom. The first-order valence-electron chi connectivity index (χ1n) is 8.20. The van der Waals surface area contributed by atoms with E-state index in [1.165, 1.54) is 0 Å². The van der Waals surface area contributed by atoms with Gasteiger partial charge in [-0.3, -0.25) is 25.8 Å². The van der Waals surface area contributed by atoms with Crippen LogP contribution in [0.15, 0.2) is 48.8 Å². The van der Waals surface area contributed by atoms with E-state index < -0.39 is 28.2 Å². The van der Waals surface area contributed by atoms with E-state index in [1.54, 1.807) is 31.2 Å². The highest BCUT2D eigenvalue weighted by atomic mass is 19.1. The normalized spacial score (nSPS) is 10.3. The van der Waals surface area contributed by atoms with Crippen molar-refractivity contribution in [2.75, 3.05) is 10.7 Å². The van der Waals surface area contributed by atoms with Gasteiger partial charge in [0.1, 0.15) is 18.0 Å². The van der Waals surface area contributed by atoms with Crippen LogP contribution in [0, 0.1) is 28.7 Å². The van der Waals surface area contributed by atoms with Gasteiger partial charge < -0.3 is 5.32 Å². The van der Waals surface area contributed by atoms with Crippen LogP contribution in [0.2, 0.25) is 0 Å². The third-order valence-electron chi connectivity index (χ3n) is 3.87. The van der Waals surface area contributed by atoms with E-state index in [9.17, 15) is 23.7 Å². The Hall–Kier alpha value is -4.15. The Morgan fingerprint density at radius 3 is 2.52 bits per heavy atom. The highest BCUT2D eigenvalue weighted by Crippen LogP contribution is 2.31. The SMILES string of the molecule is Cc1ccccc1C(=O)NNc1ncnc(Nc2ccc(F)cc2F)c1[N+](=O)[O-]. The second-order valence-electron chi connectivity index (χ2n) is 5.82. The molecule has 0 bridgehead atoms. The highest BCUT2D eigenvalue weighted by molar-refractivity contribution is 5.96. The Bertz CT molecular complexity index is 1090. The van der Waals surface area contributed by atoms with Gasteiger partial charge in [0.25, 0.3) is 5.91 Å². The number of nitrogens with one attached hydrogen (secondary N) is 3. The number of nitrogens with zero attached hydrogens (tertiary/aromatic N) is 3. The van der Waals surface area contributed by atoms with E-state index in [0.717, 1.165) is 18.5 Å². The zero-order valence-corrected chi connectivity index (χ0v) is 14.9. The Kier molecular flexibility index (Phi) is 5.58. The molecule has 0 atom stereocenters. The van der Waals surface area contributed by atoms with Crippen molar-refractivity contribution in [1.29, 1.82) is 0 Å². The predicted molar refractivity (Wildman–Crippen MR) is 101 cm³/mol. The van der Waals surface area contributed by atoms with Crippen LogP contribution in [0.3, 0.4) is 0 Å². The van der Waals surface area contributed by atoms with E-state index in [-0.39, 0.29) is 17.3 Å². The van der Waals surface area contributed by atoms with Gasteiger partial charge in [0.2, 0.25) is 11.6 Å². The molecule has 1 aromatic heterocycles. The largest absolute Gasteiger partial charge is 0.355 e. The summed E-state index contributed by atoms with van der Waals surface area (Å²) in [6, 6.07) is 9.45. The predicted octanol–water partition coefficient (Wildman–Crippen LogP) is 3.47. The monoisotopic (exact) mass is 400 g/mol. The molecule has 29 heavy (non-hydrogen) atoms. The molecule has 0 saturated heterocycles. The van der Waals surface area contributed by atoms with Gasteiger partial charge in [0.05, 0.1) is 10.6 Å². The lowest BCUT2D eigenvalue weighted by Crippen LogP contribution is -2.30. The van der Waals surface area contributed by atoms with E-state index in [1.807, 2.05) is 0 Å². The van der Waals surface area contributed by atoms with E-state index >= 15 is 0 Å². The number of carbonyl (C=O) groups excluding carboxylic acids is 1. The van der Waals surface area contributed by atoms with E-state index in [4.69, 9.17) is 0 Å². The van der Waals surface area contributed by atoms with E-state index in [0.29, 0.717) is 17.2 Å². The summed E-state index contributed by atoms with van der Waals surface area (Å²) >= 11 is 0. The van der Waals surface area contributed by atoms with Crippen molar-refractivity contribution in [3.05, 3.63) is 81.7 Å². The third-order valence-corrected chi connectivity index (χ3v) is 3.87. The summed E-state index contributed by atoms with van der Waals surface area (Å²) in [5, 5.41) is 14.0. The van der Waals surface area contributed by atoms with Gasteiger partial charge in [-0.1, -0.05) is 18.2 Å². The molecule has 1 amide bonds. The van der Waals surface area contributed by atoms with Crippen LogP contribution in [-0.4, -0.2) is 20.8 Å². The molecule has 0 unspecified atom stereocenters. The first kappa shape index (κ1) is 19.6. The maximum absolute atomic E-state index is 13.9. The lowest BCUT2D eigenvalue weighted by molar-refractivity contribution is -0.383. The number of aryl methyl sites for hydroxylation is 1. The first-order valence-corrected chi connectivity index (χ1v) is 8.20. The summed E-state index contributed by atoms with van der Waals surface area (Å²) in [6.45, 7) is 1.74. The van der Waals surface area contributed by atoms with E-state index in [2.05, 4.69) is 26.1 Å². The molecule has 0 aliphatic carbocycles. The van der Waals surface area contributed by atoms with Gasteiger partial charge >= 0.3 is 5.69 Å². The number of hydrogen-bond acceptors (Lipinski definition) is 7. The molecule has 0 aliphatic rings. The molecular weight excluding hydrogens is 386 g/mol. The molecule has 0 spiro atoms. The smallest absolute Gasteiger partial charge is 0.332 e. The fourth-order valence-electron chi connectivity index (χ4n) is 2.46. The molecular formula is C18H14F2N6O3. The second-order valence-corrected chi connectivity index (χ2v) is 5.82. The minimum Gasteiger partial charge on any atom is -0.332 e. The molecule has 9 nitrogen and oxygen atoms in total. The van der Waals surface area contributed by atoms with Crippen molar-refractivity contribution in [3.63, 3.8) is 0 Å². The maximum atomic E-state index is 13.9. The first-order chi connectivity index (χ1) is 13.9. The van der Waals surface area contributed by atoms with Crippen LogP contribution in [0.1, 0.15) is 15.9 Å². The number of nitro groups is 1. The Labute approximate surface area is 162 Å². The quantitative estimate of drug-likeness (QED) is 0.428. The standard InChI is InChI=1S/C18H14F2N6O3/c1-10-4-2-3-5-12(10)18(27)25-24-17-15(26(28)29)16(21-9-22-17)23-14-7-6-11(19)8-13(14)20/h2-9H,1H3,(H,25,27)(H2,21,22,23,24). The average molecular weight is 400 g/mol. The molecule has 3 N–H and O–H groups in total. The molecule has 2 aromatic carbocycles. The van der Waals surface area contributed by atoms with Crippen LogP contribution >= 0.6 is 0 Å².